The Morgan fingerprint density at radius 1 is 0.897 bits per heavy atom. The van der Waals surface area contributed by atoms with Gasteiger partial charge in [0.15, 0.2) is 0 Å². The van der Waals surface area contributed by atoms with Gasteiger partial charge in [0.1, 0.15) is 17.5 Å². The Balaban J connectivity index is 1.67. The van der Waals surface area contributed by atoms with E-state index in [4.69, 9.17) is 0 Å². The minimum Gasteiger partial charge on any atom is -0.370 e. The van der Waals surface area contributed by atoms with Crippen LogP contribution in [0.25, 0.3) is 0 Å². The molecule has 3 aromatic rings. The predicted octanol–water partition coefficient (Wildman–Crippen LogP) is 4.21. The van der Waals surface area contributed by atoms with Crippen LogP contribution in [0.4, 0.5) is 23.0 Å². The summed E-state index contributed by atoms with van der Waals surface area (Å²) in [5, 5.41) is 6.38. The average molecular weight is 412 g/mol. The fraction of sp³-hybridized carbons (Fsp3) is 0.238. The zero-order valence-electron chi connectivity index (χ0n) is 16.7. The lowest BCUT2D eigenvalue weighted by atomic mass is 10.2. The van der Waals surface area contributed by atoms with Crippen LogP contribution < -0.4 is 15.4 Å². The van der Waals surface area contributed by atoms with Crippen molar-refractivity contribution in [2.24, 2.45) is 0 Å². The van der Waals surface area contributed by atoms with Crippen LogP contribution in [0.5, 0.6) is 0 Å². The Morgan fingerprint density at radius 3 is 2.28 bits per heavy atom. The fourth-order valence-electron chi connectivity index (χ4n) is 2.91. The molecule has 1 heterocycles. The molecule has 0 unspecified atom stereocenters. The summed E-state index contributed by atoms with van der Waals surface area (Å²) in [5.74, 6) is 2.01. The fourth-order valence-corrected chi connectivity index (χ4v) is 4.10. The zero-order chi connectivity index (χ0) is 20.9. The van der Waals surface area contributed by atoms with Crippen LogP contribution in [0.3, 0.4) is 0 Å². The highest BCUT2D eigenvalue weighted by molar-refractivity contribution is 7.91. The lowest BCUT2D eigenvalue weighted by Crippen LogP contribution is -2.15. The molecule has 1 aromatic heterocycles. The normalized spacial score (nSPS) is 11.1. The minimum absolute atomic E-state index is 0.0674. The molecular weight excluding hydrogens is 386 g/mol. The SMILES string of the molecule is CCNc1cc(Nc2ccc(NS(=O)(=O)Cc3cccc(C)c3)cc2)nc(C)n1. The first kappa shape index (κ1) is 20.6. The van der Waals surface area contributed by atoms with E-state index in [2.05, 4.69) is 25.3 Å². The van der Waals surface area contributed by atoms with Crippen molar-refractivity contribution in [2.75, 3.05) is 21.9 Å². The smallest absolute Gasteiger partial charge is 0.236 e. The van der Waals surface area contributed by atoms with E-state index in [0.29, 0.717) is 17.3 Å². The van der Waals surface area contributed by atoms with E-state index in [0.717, 1.165) is 29.2 Å². The van der Waals surface area contributed by atoms with Crippen molar-refractivity contribution in [1.29, 1.82) is 0 Å². The number of sulfonamides is 1. The summed E-state index contributed by atoms with van der Waals surface area (Å²) in [6, 6.07) is 16.3. The quantitative estimate of drug-likeness (QED) is 0.514. The van der Waals surface area contributed by atoms with Crippen LogP contribution in [0.1, 0.15) is 23.9 Å². The third-order valence-corrected chi connectivity index (χ3v) is 5.33. The topological polar surface area (TPSA) is 96.0 Å². The van der Waals surface area contributed by atoms with Crippen molar-refractivity contribution in [3.8, 4) is 0 Å². The number of hydrogen-bond acceptors (Lipinski definition) is 6. The number of rotatable bonds is 8. The molecule has 3 rings (SSSR count). The minimum atomic E-state index is -3.49. The molecule has 3 N–H and O–H groups in total. The van der Waals surface area contributed by atoms with Crippen molar-refractivity contribution in [1.82, 2.24) is 9.97 Å². The predicted molar refractivity (Wildman–Crippen MR) is 118 cm³/mol. The molecule has 152 valence electrons. The van der Waals surface area contributed by atoms with Gasteiger partial charge in [-0.25, -0.2) is 18.4 Å². The van der Waals surface area contributed by atoms with Gasteiger partial charge in [-0.1, -0.05) is 29.8 Å². The van der Waals surface area contributed by atoms with Gasteiger partial charge in [0.05, 0.1) is 5.75 Å². The number of anilines is 4. The molecule has 0 atom stereocenters. The highest BCUT2D eigenvalue weighted by Gasteiger charge is 2.12. The van der Waals surface area contributed by atoms with Crippen molar-refractivity contribution in [3.63, 3.8) is 0 Å². The molecule has 2 aromatic carbocycles. The van der Waals surface area contributed by atoms with Gasteiger partial charge in [0, 0.05) is 24.0 Å². The van der Waals surface area contributed by atoms with Gasteiger partial charge in [0.2, 0.25) is 10.0 Å². The molecule has 7 nitrogen and oxygen atoms in total. The number of nitrogens with one attached hydrogen (secondary N) is 3. The molecular formula is C21H25N5O2S. The van der Waals surface area contributed by atoms with Crippen LogP contribution >= 0.6 is 0 Å². The Bertz CT molecular complexity index is 1080. The van der Waals surface area contributed by atoms with E-state index in [1.165, 1.54) is 0 Å². The maximum Gasteiger partial charge on any atom is 0.236 e. The summed E-state index contributed by atoms with van der Waals surface area (Å²) in [5.41, 5.74) is 3.10. The Hall–Kier alpha value is -3.13. The van der Waals surface area contributed by atoms with Gasteiger partial charge in [-0.2, -0.15) is 0 Å². The molecule has 29 heavy (non-hydrogen) atoms. The molecule has 0 spiro atoms. The molecule has 0 aliphatic rings. The van der Waals surface area contributed by atoms with Gasteiger partial charge in [0.25, 0.3) is 0 Å². The second-order valence-electron chi connectivity index (χ2n) is 6.77. The van der Waals surface area contributed by atoms with E-state index < -0.39 is 10.0 Å². The van der Waals surface area contributed by atoms with E-state index in [-0.39, 0.29) is 5.75 Å². The van der Waals surface area contributed by atoms with Gasteiger partial charge in [-0.05, 0) is 50.6 Å². The van der Waals surface area contributed by atoms with Gasteiger partial charge in [-0.3, -0.25) is 4.72 Å². The van der Waals surface area contributed by atoms with Crippen molar-refractivity contribution < 1.29 is 8.42 Å². The van der Waals surface area contributed by atoms with Gasteiger partial charge >= 0.3 is 0 Å². The lowest BCUT2D eigenvalue weighted by Gasteiger charge is -2.11. The maximum absolute atomic E-state index is 12.4. The maximum atomic E-state index is 12.4. The average Bonchev–Trinajstić information content (AvgIpc) is 2.62. The lowest BCUT2D eigenvalue weighted by molar-refractivity contribution is 0.600. The first-order valence-corrected chi connectivity index (χ1v) is 11.0. The highest BCUT2D eigenvalue weighted by atomic mass is 32.2. The molecule has 8 heteroatoms. The first-order valence-electron chi connectivity index (χ1n) is 9.35. The number of benzene rings is 2. The number of hydrogen-bond donors (Lipinski definition) is 3. The molecule has 0 aliphatic heterocycles. The second kappa shape index (κ2) is 8.91. The second-order valence-corrected chi connectivity index (χ2v) is 8.49. The van der Waals surface area contributed by atoms with Crippen molar-refractivity contribution >= 4 is 33.0 Å². The van der Waals surface area contributed by atoms with E-state index in [1.807, 2.05) is 51.1 Å². The van der Waals surface area contributed by atoms with Crippen LogP contribution in [0.2, 0.25) is 0 Å². The molecule has 0 aliphatic carbocycles. The third kappa shape index (κ3) is 6.18. The number of aromatic nitrogens is 2. The van der Waals surface area contributed by atoms with E-state index in [1.54, 1.807) is 24.3 Å². The Kier molecular flexibility index (Phi) is 6.33. The summed E-state index contributed by atoms with van der Waals surface area (Å²) in [7, 11) is -3.49. The standard InChI is InChI=1S/C21H25N5O2S/c1-4-22-20-13-21(24-16(3)23-20)25-18-8-10-19(11-9-18)26-29(27,28)14-17-7-5-6-15(2)12-17/h5-13,26H,4,14H2,1-3H3,(H2,22,23,24,25). The van der Waals surface area contributed by atoms with Crippen molar-refractivity contribution in [3.05, 3.63) is 71.5 Å². The van der Waals surface area contributed by atoms with Crippen molar-refractivity contribution in [2.45, 2.75) is 26.5 Å². The molecule has 0 amide bonds. The molecule has 0 saturated carbocycles. The third-order valence-electron chi connectivity index (χ3n) is 4.07. The summed E-state index contributed by atoms with van der Waals surface area (Å²) in [4.78, 5) is 8.69. The largest absolute Gasteiger partial charge is 0.370 e. The van der Waals surface area contributed by atoms with Crippen LogP contribution in [-0.4, -0.2) is 24.9 Å². The molecule has 0 radical (unpaired) electrons. The number of nitrogens with zero attached hydrogens (tertiary/aromatic N) is 2. The summed E-state index contributed by atoms with van der Waals surface area (Å²) < 4.78 is 27.5. The Morgan fingerprint density at radius 2 is 1.59 bits per heavy atom. The Labute approximate surface area is 171 Å². The summed E-state index contributed by atoms with van der Waals surface area (Å²) in [6.07, 6.45) is 0. The highest BCUT2D eigenvalue weighted by Crippen LogP contribution is 2.21. The van der Waals surface area contributed by atoms with Crippen LogP contribution in [0.15, 0.2) is 54.6 Å². The van der Waals surface area contributed by atoms with Gasteiger partial charge in [-0.15, -0.1) is 0 Å². The summed E-state index contributed by atoms with van der Waals surface area (Å²) in [6.45, 7) is 6.55. The number of aryl methyl sites for hydroxylation is 2. The monoisotopic (exact) mass is 411 g/mol. The molecule has 0 fully saturated rings. The van der Waals surface area contributed by atoms with E-state index in [9.17, 15) is 8.42 Å². The molecule has 0 bridgehead atoms. The van der Waals surface area contributed by atoms with Crippen LogP contribution in [0, 0.1) is 13.8 Å². The molecule has 0 saturated heterocycles. The van der Waals surface area contributed by atoms with Gasteiger partial charge < -0.3 is 10.6 Å². The summed E-state index contributed by atoms with van der Waals surface area (Å²) >= 11 is 0. The zero-order valence-corrected chi connectivity index (χ0v) is 17.5. The van der Waals surface area contributed by atoms with E-state index >= 15 is 0 Å². The van der Waals surface area contributed by atoms with Crippen LogP contribution in [-0.2, 0) is 15.8 Å². The first-order chi connectivity index (χ1) is 13.8.